The van der Waals surface area contributed by atoms with Crippen LogP contribution in [0.1, 0.15) is 72.7 Å². The van der Waals surface area contributed by atoms with E-state index < -0.39 is 62.8 Å². The summed E-state index contributed by atoms with van der Waals surface area (Å²) in [4.78, 5) is 141. The fraction of sp³-hybridized carbons (Fsp3) is 0.375. The number of rotatable bonds is 7. The molecule has 2 atom stereocenters. The van der Waals surface area contributed by atoms with Crippen LogP contribution in [-0.2, 0) is 62.5 Å². The minimum atomic E-state index is -1.74. The lowest BCUT2D eigenvalue weighted by Gasteiger charge is -2.46. The average Bonchev–Trinajstić information content (AvgIpc) is 3.05. The molecule has 2 unspecified atom stereocenters. The number of allylic oxidation sites excluding steroid dienone is 2. The van der Waals surface area contributed by atoms with E-state index in [1.54, 1.807) is 6.08 Å². The number of ketones is 2. The normalized spacial score (nSPS) is 15.7. The van der Waals surface area contributed by atoms with Crippen LogP contribution in [0.5, 0.6) is 0 Å². The van der Waals surface area contributed by atoms with Crippen LogP contribution in [0.4, 0.5) is 11.4 Å². The van der Waals surface area contributed by atoms with Crippen molar-refractivity contribution < 1.29 is 67.3 Å². The van der Waals surface area contributed by atoms with Gasteiger partial charge in [0.15, 0.2) is 17.1 Å². The molecule has 0 spiro atoms. The van der Waals surface area contributed by atoms with E-state index in [-0.39, 0.29) is 37.3 Å². The minimum Gasteiger partial charge on any atom is -0.337 e. The molecule has 1 aliphatic rings. The molecule has 1 aromatic carbocycles. The Morgan fingerprint density at radius 2 is 0.965 bits per heavy atom. The zero-order valence-electron chi connectivity index (χ0n) is 31.0. The Kier molecular flexibility index (Phi) is 21.7. The van der Waals surface area contributed by atoms with Gasteiger partial charge in [0.2, 0.25) is 0 Å². The number of carbonyl (C=O) groups excluding carboxylic acids is 10. The highest BCUT2D eigenvalue weighted by atomic mass is 127. The third-order valence-electron chi connectivity index (χ3n) is 6.65. The highest BCUT2D eigenvalue weighted by Gasteiger charge is 2.58. The average molecular weight is 1540 g/mol. The first-order chi connectivity index (χ1) is 26.1. The Balaban J connectivity index is 0.000000570. The van der Waals surface area contributed by atoms with Crippen molar-refractivity contribution in [3.63, 3.8) is 0 Å². The fourth-order valence-corrected chi connectivity index (χ4v) is 15.0. The third-order valence-corrected chi connectivity index (χ3v) is 13.8. The van der Waals surface area contributed by atoms with Gasteiger partial charge in [-0.2, -0.15) is 5.06 Å². The van der Waals surface area contributed by atoms with E-state index in [0.717, 1.165) is 49.8 Å². The lowest BCUT2D eigenvalue weighted by molar-refractivity contribution is -0.214. The number of carbonyl (C=O) groups is 10. The molecule has 4 amide bonds. The van der Waals surface area contributed by atoms with Crippen LogP contribution in [0.3, 0.4) is 0 Å². The van der Waals surface area contributed by atoms with E-state index in [1.807, 2.05) is 136 Å². The van der Waals surface area contributed by atoms with Gasteiger partial charge < -0.3 is 19.4 Å². The van der Waals surface area contributed by atoms with Crippen molar-refractivity contribution in [2.45, 2.75) is 71.8 Å². The Bertz CT molecular complexity index is 1930. The van der Waals surface area contributed by atoms with Gasteiger partial charge in [-0.3, -0.25) is 33.6 Å². The second-order valence-electron chi connectivity index (χ2n) is 11.1. The summed E-state index contributed by atoms with van der Waals surface area (Å²) in [6, 6.07) is 0. The van der Waals surface area contributed by atoms with Gasteiger partial charge in [0.1, 0.15) is 11.4 Å². The summed E-state index contributed by atoms with van der Waals surface area (Å²) in [6.07, 6.45) is 1.56. The molecular formula is C32H31BrI6N4O14. The highest BCUT2D eigenvalue weighted by Crippen LogP contribution is 2.49. The molecule has 1 aliphatic carbocycles. The molecule has 0 bridgehead atoms. The van der Waals surface area contributed by atoms with Gasteiger partial charge in [-0.25, -0.2) is 14.4 Å². The fourth-order valence-electron chi connectivity index (χ4n) is 4.65. The maximum atomic E-state index is 12.9. The van der Waals surface area contributed by atoms with Crippen LogP contribution in [0.15, 0.2) is 18.9 Å². The van der Waals surface area contributed by atoms with Crippen molar-refractivity contribution in [1.82, 2.24) is 10.1 Å². The molecule has 1 aromatic rings. The molecule has 0 fully saturated rings. The molecule has 18 nitrogen and oxygen atoms in total. The molecule has 0 aliphatic heterocycles. The maximum Gasteiger partial charge on any atom is 0.330 e. The quantitative estimate of drug-likeness (QED) is 0.123. The van der Waals surface area contributed by atoms with Gasteiger partial charge in [-0.05, 0) is 126 Å². The first kappa shape index (κ1) is 53.7. The lowest BCUT2D eigenvalue weighted by Crippen LogP contribution is -2.64. The van der Waals surface area contributed by atoms with Crippen molar-refractivity contribution in [3.05, 3.63) is 35.2 Å². The molecule has 25 heteroatoms. The molecule has 2 rings (SSSR count). The van der Waals surface area contributed by atoms with Crippen molar-refractivity contribution in [1.29, 1.82) is 0 Å². The van der Waals surface area contributed by atoms with Gasteiger partial charge >= 0.3 is 23.9 Å². The number of hydrogen-bond acceptors (Lipinski definition) is 14. The lowest BCUT2D eigenvalue weighted by atomic mass is 9.84. The molecule has 312 valence electrons. The summed E-state index contributed by atoms with van der Waals surface area (Å²) < 4.78 is 0.905. The number of amides is 4. The van der Waals surface area contributed by atoms with E-state index >= 15 is 0 Å². The van der Waals surface area contributed by atoms with Gasteiger partial charge in [-0.1, -0.05) is 38.5 Å². The van der Waals surface area contributed by atoms with Crippen LogP contribution in [-0.4, -0.2) is 84.0 Å². The van der Waals surface area contributed by atoms with Crippen LogP contribution in [0.2, 0.25) is 0 Å². The largest absolute Gasteiger partial charge is 0.337 e. The standard InChI is InChI=1S/C16H14BrI3N2O7.C16H17I3N2O7/c1-6(23)21(28-8(3)25)15-12(18)11(10(27)5-17)13(19)16(14(15)20)22(7(2)24)29-9(4)26;1-7(22)16(21(9(3)24)28-11(5)26)13(18)6-12(17)14(15(16)19)20(8(2)23)27-10(4)25/h5H2,1-4H3;6,15H,1-5H3. The van der Waals surface area contributed by atoms with Crippen LogP contribution >= 0.6 is 151 Å². The molecule has 0 radical (unpaired) electrons. The first-order valence-electron chi connectivity index (χ1n) is 15.3. The highest BCUT2D eigenvalue weighted by molar-refractivity contribution is 14.1. The smallest absolute Gasteiger partial charge is 0.330 e. The van der Waals surface area contributed by atoms with Crippen LogP contribution < -0.4 is 10.1 Å². The monoisotopic (exact) mass is 1540 g/mol. The van der Waals surface area contributed by atoms with E-state index in [1.165, 1.54) is 27.7 Å². The summed E-state index contributed by atoms with van der Waals surface area (Å²) in [5, 5.41) is 2.93. The molecule has 0 saturated heterocycles. The zero-order valence-corrected chi connectivity index (χ0v) is 45.5. The summed E-state index contributed by atoms with van der Waals surface area (Å²) in [5.41, 5.74) is -1.24. The van der Waals surface area contributed by atoms with Crippen molar-refractivity contribution >= 4 is 222 Å². The predicted octanol–water partition coefficient (Wildman–Crippen LogP) is 6.49. The van der Waals surface area contributed by atoms with Gasteiger partial charge in [0.05, 0.1) is 25.7 Å². The topological polar surface area (TPSA) is 221 Å². The zero-order chi connectivity index (χ0) is 44.6. The number of Topliss-reactive ketones (excluding diaryl/α,β-unsaturated/α-hetero) is 2. The molecular weight excluding hydrogens is 1510 g/mol. The Morgan fingerprint density at radius 3 is 1.26 bits per heavy atom. The minimum absolute atomic E-state index is 0.0419. The molecule has 0 heterocycles. The first-order valence-corrected chi connectivity index (χ1v) is 23.1. The van der Waals surface area contributed by atoms with E-state index in [9.17, 15) is 47.9 Å². The second-order valence-corrected chi connectivity index (χ2v) is 18.4. The van der Waals surface area contributed by atoms with E-state index in [2.05, 4.69) is 15.9 Å². The maximum absolute atomic E-state index is 12.9. The van der Waals surface area contributed by atoms with Gasteiger partial charge in [-0.15, -0.1) is 15.2 Å². The summed E-state index contributed by atoms with van der Waals surface area (Å²) >= 11 is 14.4. The molecule has 0 saturated carbocycles. The van der Waals surface area contributed by atoms with Crippen molar-refractivity contribution in [2.24, 2.45) is 0 Å². The SMILES string of the molecule is CC(=O)ON(C(C)=O)C1=C(I)C=C(I)C(C(C)=O)(N(OC(C)=O)C(C)=O)C1I.CC(=O)ON(C(C)=O)c1c(I)c(C(=O)CBr)c(I)c(N(OC(C)=O)C(C)=O)c1I. The number of alkyl halides is 2. The number of hydroxylamine groups is 6. The van der Waals surface area contributed by atoms with Crippen LogP contribution in [0.25, 0.3) is 0 Å². The number of anilines is 2. The summed E-state index contributed by atoms with van der Waals surface area (Å²) in [7, 11) is 0. The Hall–Kier alpha value is -1.34. The van der Waals surface area contributed by atoms with Crippen LogP contribution in [0, 0.1) is 10.7 Å². The number of hydrogen-bond donors (Lipinski definition) is 0. The van der Waals surface area contributed by atoms with Gasteiger partial charge in [0, 0.05) is 68.1 Å². The van der Waals surface area contributed by atoms with E-state index in [4.69, 9.17) is 19.4 Å². The second kappa shape index (κ2) is 23.0. The molecule has 0 N–H and O–H groups in total. The molecule has 0 aromatic heterocycles. The summed E-state index contributed by atoms with van der Waals surface area (Å²) in [5.74, 6) is -6.48. The Morgan fingerprint density at radius 1 is 0.596 bits per heavy atom. The van der Waals surface area contributed by atoms with Crippen molar-refractivity contribution in [3.8, 4) is 0 Å². The predicted molar refractivity (Wildman–Crippen MR) is 256 cm³/mol. The summed E-state index contributed by atoms with van der Waals surface area (Å²) in [6.45, 7) is 10.4. The number of benzene rings is 1. The van der Waals surface area contributed by atoms with Gasteiger partial charge in [0.25, 0.3) is 23.6 Å². The number of nitrogens with zero attached hydrogens (tertiary/aromatic N) is 4. The number of halogens is 7. The molecule has 57 heavy (non-hydrogen) atoms. The third kappa shape index (κ3) is 12.8. The Labute approximate surface area is 416 Å². The van der Waals surface area contributed by atoms with E-state index in [0.29, 0.717) is 19.4 Å². The van der Waals surface area contributed by atoms with Crippen molar-refractivity contribution in [2.75, 3.05) is 15.5 Å².